The molecule has 2 aromatic carbocycles. The highest BCUT2D eigenvalue weighted by atomic mass is 35.5. The molecule has 2 rings (SSSR count). The first kappa shape index (κ1) is 14.2. The van der Waals surface area contributed by atoms with Gasteiger partial charge in [0.25, 0.3) is 0 Å². The molecule has 0 spiro atoms. The van der Waals surface area contributed by atoms with E-state index in [1.54, 1.807) is 13.2 Å². The summed E-state index contributed by atoms with van der Waals surface area (Å²) in [6, 6.07) is 11.6. The lowest BCUT2D eigenvalue weighted by Gasteiger charge is -2.12. The Hall–Kier alpha value is -1.22. The maximum atomic E-state index is 6.25. The molecule has 0 saturated carbocycles. The van der Waals surface area contributed by atoms with Crippen molar-refractivity contribution < 1.29 is 4.74 Å². The van der Waals surface area contributed by atoms with Gasteiger partial charge in [-0.2, -0.15) is 0 Å². The Morgan fingerprint density at radius 1 is 1.16 bits per heavy atom. The Morgan fingerprint density at radius 2 is 1.95 bits per heavy atom. The average molecular weight is 296 g/mol. The first-order valence-electron chi connectivity index (χ1n) is 5.93. The van der Waals surface area contributed by atoms with Crippen molar-refractivity contribution in [3.63, 3.8) is 0 Å². The monoisotopic (exact) mass is 295 g/mol. The fourth-order valence-corrected chi connectivity index (χ4v) is 2.41. The number of rotatable bonds is 4. The van der Waals surface area contributed by atoms with E-state index in [0.29, 0.717) is 10.0 Å². The molecule has 100 valence electrons. The van der Waals surface area contributed by atoms with Crippen molar-refractivity contribution in [2.45, 2.75) is 6.54 Å². The van der Waals surface area contributed by atoms with Crippen LogP contribution in [0.3, 0.4) is 0 Å². The number of methoxy groups -OCH3 is 1. The van der Waals surface area contributed by atoms with Crippen LogP contribution in [0.4, 0.5) is 0 Å². The molecule has 0 fully saturated rings. The van der Waals surface area contributed by atoms with E-state index < -0.39 is 0 Å². The van der Waals surface area contributed by atoms with Gasteiger partial charge in [0.1, 0.15) is 5.75 Å². The van der Waals surface area contributed by atoms with Crippen LogP contribution in [-0.2, 0) is 6.54 Å². The first-order valence-corrected chi connectivity index (χ1v) is 6.69. The van der Waals surface area contributed by atoms with Gasteiger partial charge < -0.3 is 10.1 Å². The van der Waals surface area contributed by atoms with Crippen molar-refractivity contribution in [1.82, 2.24) is 5.32 Å². The lowest BCUT2D eigenvalue weighted by molar-refractivity contribution is 0.408. The smallest absolute Gasteiger partial charge is 0.123 e. The van der Waals surface area contributed by atoms with E-state index in [-0.39, 0.29) is 0 Å². The Morgan fingerprint density at radius 3 is 2.63 bits per heavy atom. The van der Waals surface area contributed by atoms with E-state index in [4.69, 9.17) is 27.9 Å². The van der Waals surface area contributed by atoms with E-state index in [0.717, 1.165) is 29.0 Å². The molecule has 0 aromatic heterocycles. The minimum atomic E-state index is 0.560. The number of nitrogens with one attached hydrogen (secondary N) is 1. The Balaban J connectivity index is 2.51. The van der Waals surface area contributed by atoms with Gasteiger partial charge in [0.2, 0.25) is 0 Å². The summed E-state index contributed by atoms with van der Waals surface area (Å²) in [6.07, 6.45) is 0. The lowest BCUT2D eigenvalue weighted by atomic mass is 10.0. The molecule has 0 aliphatic carbocycles. The van der Waals surface area contributed by atoms with E-state index in [9.17, 15) is 0 Å². The second-order valence-corrected chi connectivity index (χ2v) is 4.94. The maximum Gasteiger partial charge on any atom is 0.123 e. The van der Waals surface area contributed by atoms with Crippen LogP contribution in [0.15, 0.2) is 36.4 Å². The van der Waals surface area contributed by atoms with Gasteiger partial charge in [0, 0.05) is 17.7 Å². The van der Waals surface area contributed by atoms with Crippen molar-refractivity contribution in [3.05, 3.63) is 52.0 Å². The van der Waals surface area contributed by atoms with Crippen LogP contribution in [0.2, 0.25) is 10.0 Å². The number of ether oxygens (including phenoxy) is 1. The Kier molecular flexibility index (Phi) is 4.70. The summed E-state index contributed by atoms with van der Waals surface area (Å²) in [5, 5.41) is 4.26. The molecule has 2 nitrogen and oxygen atoms in total. The molecule has 0 aliphatic rings. The van der Waals surface area contributed by atoms with Gasteiger partial charge in [0.15, 0.2) is 0 Å². The molecule has 0 radical (unpaired) electrons. The summed E-state index contributed by atoms with van der Waals surface area (Å²) in [5.41, 5.74) is 3.03. The largest absolute Gasteiger partial charge is 0.496 e. The molecule has 0 unspecified atom stereocenters. The molecule has 4 heteroatoms. The highest BCUT2D eigenvalue weighted by Gasteiger charge is 2.09. The molecule has 0 atom stereocenters. The van der Waals surface area contributed by atoms with E-state index in [1.165, 1.54) is 0 Å². The standard InChI is InChI=1S/C15H15Cl2NO/c1-18-9-11-8-10(6-7-14(11)19-2)12-4-3-5-13(16)15(12)17/h3-8,18H,9H2,1-2H3. The SMILES string of the molecule is CNCc1cc(-c2cccc(Cl)c2Cl)ccc1OC. The average Bonchev–Trinajstić information content (AvgIpc) is 2.42. The molecular formula is C15H15Cl2NO. The lowest BCUT2D eigenvalue weighted by Crippen LogP contribution is -2.06. The fourth-order valence-electron chi connectivity index (χ4n) is 2.00. The summed E-state index contributed by atoms with van der Waals surface area (Å²) < 4.78 is 5.34. The molecule has 0 saturated heterocycles. The third-order valence-electron chi connectivity index (χ3n) is 2.91. The quantitative estimate of drug-likeness (QED) is 0.903. The highest BCUT2D eigenvalue weighted by Crippen LogP contribution is 2.35. The predicted molar refractivity (Wildman–Crippen MR) is 81.2 cm³/mol. The van der Waals surface area contributed by atoms with Crippen molar-refractivity contribution in [3.8, 4) is 16.9 Å². The van der Waals surface area contributed by atoms with Crippen LogP contribution in [0.25, 0.3) is 11.1 Å². The number of benzene rings is 2. The fraction of sp³-hybridized carbons (Fsp3) is 0.200. The summed E-state index contributed by atoms with van der Waals surface area (Å²) in [4.78, 5) is 0. The third kappa shape index (κ3) is 3.03. The van der Waals surface area contributed by atoms with Gasteiger partial charge in [0.05, 0.1) is 17.2 Å². The molecule has 2 aromatic rings. The summed E-state index contributed by atoms with van der Waals surface area (Å²) in [6.45, 7) is 0.731. The van der Waals surface area contributed by atoms with Crippen LogP contribution >= 0.6 is 23.2 Å². The zero-order valence-electron chi connectivity index (χ0n) is 10.8. The van der Waals surface area contributed by atoms with Gasteiger partial charge in [-0.1, -0.05) is 41.4 Å². The Bertz CT molecular complexity index is 584. The molecule has 0 bridgehead atoms. The van der Waals surface area contributed by atoms with Crippen LogP contribution in [0, 0.1) is 0 Å². The molecular weight excluding hydrogens is 281 g/mol. The van der Waals surface area contributed by atoms with E-state index >= 15 is 0 Å². The summed E-state index contributed by atoms with van der Waals surface area (Å²) >= 11 is 12.3. The van der Waals surface area contributed by atoms with Gasteiger partial charge >= 0.3 is 0 Å². The van der Waals surface area contributed by atoms with Crippen molar-refractivity contribution in [1.29, 1.82) is 0 Å². The van der Waals surface area contributed by atoms with Gasteiger partial charge in [-0.05, 0) is 30.8 Å². The van der Waals surface area contributed by atoms with E-state index in [2.05, 4.69) is 11.4 Å². The maximum absolute atomic E-state index is 6.25. The van der Waals surface area contributed by atoms with Crippen LogP contribution in [-0.4, -0.2) is 14.2 Å². The highest BCUT2D eigenvalue weighted by molar-refractivity contribution is 6.43. The Labute approximate surface area is 123 Å². The van der Waals surface area contributed by atoms with Gasteiger partial charge in [-0.25, -0.2) is 0 Å². The predicted octanol–water partition coefficient (Wildman–Crippen LogP) is 4.39. The van der Waals surface area contributed by atoms with Crippen LogP contribution < -0.4 is 10.1 Å². The van der Waals surface area contributed by atoms with Crippen molar-refractivity contribution >= 4 is 23.2 Å². The molecule has 0 aliphatic heterocycles. The second kappa shape index (κ2) is 6.29. The van der Waals surface area contributed by atoms with Crippen molar-refractivity contribution in [2.24, 2.45) is 0 Å². The number of hydrogen-bond donors (Lipinski definition) is 1. The normalized spacial score (nSPS) is 10.5. The number of halogens is 2. The minimum absolute atomic E-state index is 0.560. The van der Waals surface area contributed by atoms with Crippen molar-refractivity contribution in [2.75, 3.05) is 14.2 Å². The molecule has 0 heterocycles. The minimum Gasteiger partial charge on any atom is -0.496 e. The zero-order valence-corrected chi connectivity index (χ0v) is 12.3. The second-order valence-electron chi connectivity index (χ2n) is 4.16. The summed E-state index contributed by atoms with van der Waals surface area (Å²) in [5.74, 6) is 0.858. The third-order valence-corrected chi connectivity index (χ3v) is 3.73. The van der Waals surface area contributed by atoms with Crippen LogP contribution in [0.5, 0.6) is 5.75 Å². The zero-order chi connectivity index (χ0) is 13.8. The topological polar surface area (TPSA) is 21.3 Å². The molecule has 0 amide bonds. The number of hydrogen-bond acceptors (Lipinski definition) is 2. The van der Waals surface area contributed by atoms with Crippen LogP contribution in [0.1, 0.15) is 5.56 Å². The summed E-state index contributed by atoms with van der Waals surface area (Å²) in [7, 11) is 3.57. The van der Waals surface area contributed by atoms with E-state index in [1.807, 2.05) is 31.3 Å². The molecule has 1 N–H and O–H groups in total. The van der Waals surface area contributed by atoms with Gasteiger partial charge in [-0.15, -0.1) is 0 Å². The van der Waals surface area contributed by atoms with Gasteiger partial charge in [-0.3, -0.25) is 0 Å². The first-order chi connectivity index (χ1) is 9.17. The molecule has 19 heavy (non-hydrogen) atoms.